The van der Waals surface area contributed by atoms with Crippen LogP contribution in [0.15, 0.2) is 59.1 Å². The number of nitrogens with one attached hydrogen (secondary N) is 2. The summed E-state index contributed by atoms with van der Waals surface area (Å²) in [7, 11) is 0. The molecule has 0 bridgehead atoms. The zero-order valence-corrected chi connectivity index (χ0v) is 15.4. The number of amides is 2. The second kappa shape index (κ2) is 8.67. The van der Waals surface area contributed by atoms with Gasteiger partial charge in [0.25, 0.3) is 0 Å². The maximum Gasteiger partial charge on any atom is 0.234 e. The number of rotatable bonds is 5. The Hall–Kier alpha value is -3.18. The van der Waals surface area contributed by atoms with E-state index in [1.807, 2.05) is 0 Å². The first-order valence-corrected chi connectivity index (χ1v) is 9.32. The number of hydrogen-bond acceptors (Lipinski definition) is 4. The second-order valence-electron chi connectivity index (χ2n) is 6.05. The van der Waals surface area contributed by atoms with E-state index in [0.717, 1.165) is 11.8 Å². The molecule has 3 rings (SSSR count). The molecule has 1 aliphatic heterocycles. The third-order valence-electron chi connectivity index (χ3n) is 4.10. The fraction of sp³-hybridized carbons (Fsp3) is 0.150. The van der Waals surface area contributed by atoms with Crippen molar-refractivity contribution in [1.82, 2.24) is 5.32 Å². The predicted molar refractivity (Wildman–Crippen MR) is 102 cm³/mol. The number of allylic oxidation sites excluding steroid dienone is 1. The van der Waals surface area contributed by atoms with Crippen molar-refractivity contribution in [2.75, 3.05) is 11.1 Å². The minimum Gasteiger partial charge on any atom is -0.325 e. The first kappa shape index (κ1) is 19.6. The van der Waals surface area contributed by atoms with E-state index in [2.05, 4.69) is 16.7 Å². The van der Waals surface area contributed by atoms with E-state index in [1.54, 1.807) is 12.1 Å². The Kier molecular flexibility index (Phi) is 6.06. The van der Waals surface area contributed by atoms with Gasteiger partial charge in [-0.3, -0.25) is 9.59 Å². The lowest BCUT2D eigenvalue weighted by Crippen LogP contribution is -2.31. The molecular weight excluding hydrogens is 384 g/mol. The summed E-state index contributed by atoms with van der Waals surface area (Å²) < 4.78 is 26.1. The van der Waals surface area contributed by atoms with Crippen LogP contribution in [0.1, 0.15) is 17.9 Å². The molecule has 8 heteroatoms. The first-order valence-electron chi connectivity index (χ1n) is 8.34. The molecule has 0 saturated carbocycles. The van der Waals surface area contributed by atoms with Crippen molar-refractivity contribution in [2.24, 2.45) is 0 Å². The van der Waals surface area contributed by atoms with Gasteiger partial charge in [0.1, 0.15) is 11.6 Å². The topological polar surface area (TPSA) is 82.0 Å². The van der Waals surface area contributed by atoms with Gasteiger partial charge in [0, 0.05) is 18.0 Å². The van der Waals surface area contributed by atoms with Gasteiger partial charge in [0.05, 0.1) is 22.4 Å². The van der Waals surface area contributed by atoms with Crippen LogP contribution in [-0.2, 0) is 9.59 Å². The number of carbonyl (C=O) groups is 2. The largest absolute Gasteiger partial charge is 0.325 e. The van der Waals surface area contributed by atoms with E-state index < -0.39 is 17.6 Å². The highest BCUT2D eigenvalue weighted by molar-refractivity contribution is 8.03. The highest BCUT2D eigenvalue weighted by atomic mass is 32.2. The summed E-state index contributed by atoms with van der Waals surface area (Å²) in [6.07, 6.45) is 0.0698. The standard InChI is InChI=1S/C20H15F2N3O2S/c21-13-3-1-12(2-4-13)16-9-18(26)25-20(17(16)10-23)28-11-19(27)24-15-7-5-14(22)6-8-15/h1-8,16H,9,11H2,(H,24,27)(H,25,26). The third kappa shape index (κ3) is 4.75. The lowest BCUT2D eigenvalue weighted by Gasteiger charge is -2.25. The molecule has 0 aliphatic carbocycles. The minimum absolute atomic E-state index is 0.0473. The Labute approximate surface area is 164 Å². The van der Waals surface area contributed by atoms with Gasteiger partial charge < -0.3 is 10.6 Å². The SMILES string of the molecule is N#CC1=C(SCC(=O)Nc2ccc(F)cc2)NC(=O)CC1c1ccc(F)cc1. The van der Waals surface area contributed by atoms with Crippen LogP contribution in [0.3, 0.4) is 0 Å². The number of halogens is 2. The normalized spacial score (nSPS) is 16.3. The van der Waals surface area contributed by atoms with E-state index in [9.17, 15) is 23.6 Å². The van der Waals surface area contributed by atoms with Crippen LogP contribution in [0.2, 0.25) is 0 Å². The lowest BCUT2D eigenvalue weighted by molar-refractivity contribution is -0.121. The van der Waals surface area contributed by atoms with Crippen molar-refractivity contribution < 1.29 is 18.4 Å². The third-order valence-corrected chi connectivity index (χ3v) is 5.12. The number of hydrogen-bond donors (Lipinski definition) is 2. The highest BCUT2D eigenvalue weighted by Crippen LogP contribution is 2.35. The Morgan fingerprint density at radius 2 is 1.75 bits per heavy atom. The van der Waals surface area contributed by atoms with Crippen LogP contribution in [-0.4, -0.2) is 17.6 Å². The van der Waals surface area contributed by atoms with E-state index in [-0.39, 0.29) is 24.0 Å². The average Bonchev–Trinajstić information content (AvgIpc) is 2.68. The predicted octanol–water partition coefficient (Wildman–Crippen LogP) is 3.68. The number of benzene rings is 2. The van der Waals surface area contributed by atoms with E-state index in [4.69, 9.17) is 0 Å². The van der Waals surface area contributed by atoms with Gasteiger partial charge in [-0.15, -0.1) is 0 Å². The number of nitriles is 1. The number of anilines is 1. The van der Waals surface area contributed by atoms with Crippen LogP contribution < -0.4 is 10.6 Å². The minimum atomic E-state index is -0.498. The van der Waals surface area contributed by atoms with Gasteiger partial charge in [0.2, 0.25) is 11.8 Å². The Morgan fingerprint density at radius 1 is 1.14 bits per heavy atom. The molecule has 1 unspecified atom stereocenters. The maximum atomic E-state index is 13.2. The summed E-state index contributed by atoms with van der Waals surface area (Å²) in [4.78, 5) is 24.2. The maximum absolute atomic E-state index is 13.2. The van der Waals surface area contributed by atoms with Crippen LogP contribution in [0.4, 0.5) is 14.5 Å². The molecule has 2 amide bonds. The van der Waals surface area contributed by atoms with Crippen molar-refractivity contribution in [3.8, 4) is 6.07 Å². The molecule has 0 fully saturated rings. The summed E-state index contributed by atoms with van der Waals surface area (Å²) >= 11 is 1.03. The zero-order chi connectivity index (χ0) is 20.1. The van der Waals surface area contributed by atoms with Gasteiger partial charge in [-0.05, 0) is 42.0 Å². The van der Waals surface area contributed by atoms with Crippen LogP contribution in [0.25, 0.3) is 0 Å². The first-order chi connectivity index (χ1) is 13.5. The Balaban J connectivity index is 1.73. The summed E-state index contributed by atoms with van der Waals surface area (Å²) in [5, 5.41) is 15.1. The smallest absolute Gasteiger partial charge is 0.234 e. The van der Waals surface area contributed by atoms with Gasteiger partial charge in [-0.25, -0.2) is 8.78 Å². The molecule has 0 spiro atoms. The summed E-state index contributed by atoms with van der Waals surface area (Å²) in [6.45, 7) is 0. The zero-order valence-electron chi connectivity index (χ0n) is 14.5. The van der Waals surface area contributed by atoms with Gasteiger partial charge in [-0.1, -0.05) is 23.9 Å². The molecule has 1 aliphatic rings. The van der Waals surface area contributed by atoms with Gasteiger partial charge >= 0.3 is 0 Å². The van der Waals surface area contributed by atoms with Crippen molar-refractivity contribution >= 4 is 29.3 Å². The van der Waals surface area contributed by atoms with Gasteiger partial charge in [-0.2, -0.15) is 5.26 Å². The molecule has 28 heavy (non-hydrogen) atoms. The summed E-state index contributed by atoms with van der Waals surface area (Å²) in [5.74, 6) is -2.00. The summed E-state index contributed by atoms with van der Waals surface area (Å²) in [5.41, 5.74) is 1.42. The molecule has 2 N–H and O–H groups in total. The monoisotopic (exact) mass is 399 g/mol. The number of carbonyl (C=O) groups excluding carboxylic acids is 2. The van der Waals surface area contributed by atoms with Crippen LogP contribution in [0.5, 0.6) is 0 Å². The van der Waals surface area contributed by atoms with Crippen LogP contribution in [0, 0.1) is 23.0 Å². The molecule has 1 heterocycles. The quantitative estimate of drug-likeness (QED) is 0.804. The van der Waals surface area contributed by atoms with E-state index in [0.29, 0.717) is 21.9 Å². The fourth-order valence-corrected chi connectivity index (χ4v) is 3.66. The van der Waals surface area contributed by atoms with Crippen LogP contribution >= 0.6 is 11.8 Å². The van der Waals surface area contributed by atoms with E-state index in [1.165, 1.54) is 36.4 Å². The molecule has 1 atom stereocenters. The van der Waals surface area contributed by atoms with Crippen molar-refractivity contribution in [3.05, 3.63) is 76.3 Å². The molecule has 0 aromatic heterocycles. The fourth-order valence-electron chi connectivity index (χ4n) is 2.78. The molecule has 0 radical (unpaired) electrons. The van der Waals surface area contributed by atoms with Crippen molar-refractivity contribution in [2.45, 2.75) is 12.3 Å². The van der Waals surface area contributed by atoms with E-state index >= 15 is 0 Å². The average molecular weight is 399 g/mol. The molecule has 5 nitrogen and oxygen atoms in total. The molecule has 0 saturated heterocycles. The second-order valence-corrected chi connectivity index (χ2v) is 7.04. The number of thioether (sulfide) groups is 1. The van der Waals surface area contributed by atoms with Gasteiger partial charge in [0.15, 0.2) is 0 Å². The molecule has 2 aromatic rings. The summed E-state index contributed by atoms with van der Waals surface area (Å²) in [6, 6.07) is 13.1. The Morgan fingerprint density at radius 3 is 2.36 bits per heavy atom. The number of nitrogens with zero attached hydrogens (tertiary/aromatic N) is 1. The molecule has 2 aromatic carbocycles. The molecule has 142 valence electrons. The Bertz CT molecular complexity index is 966. The lowest BCUT2D eigenvalue weighted by atomic mass is 9.87. The van der Waals surface area contributed by atoms with Crippen molar-refractivity contribution in [3.63, 3.8) is 0 Å². The van der Waals surface area contributed by atoms with Crippen molar-refractivity contribution in [1.29, 1.82) is 5.26 Å². The highest BCUT2D eigenvalue weighted by Gasteiger charge is 2.29. The molecular formula is C20H15F2N3O2S.